The average Bonchev–Trinajstić information content (AvgIpc) is 3.21. The Labute approximate surface area is 190 Å². The number of hydrogen-bond acceptors (Lipinski definition) is 5. The largest absolute Gasteiger partial charge is 0.482 e. The zero-order valence-electron chi connectivity index (χ0n) is 17.8. The van der Waals surface area contributed by atoms with E-state index in [9.17, 15) is 14.3 Å². The minimum Gasteiger partial charge on any atom is -0.482 e. The number of halogens is 1. The zero-order valence-corrected chi connectivity index (χ0v) is 18.6. The van der Waals surface area contributed by atoms with Gasteiger partial charge in [-0.3, -0.25) is 9.69 Å². The number of hydrogen-bond donors (Lipinski definition) is 1. The van der Waals surface area contributed by atoms with Crippen LogP contribution in [0.25, 0.3) is 4.85 Å². The molecule has 0 radical (unpaired) electrons. The molecular weight excluding hydrogens is 433 g/mol. The average molecular weight is 456 g/mol. The lowest BCUT2D eigenvalue weighted by Gasteiger charge is -2.29. The molecule has 2 heterocycles. The first kappa shape index (κ1) is 22.1. The molecule has 1 N–H and O–H groups in total. The number of amides is 1. The molecule has 4 rings (SSSR count). The fourth-order valence-electron chi connectivity index (χ4n) is 3.88. The number of nitrogens with zero attached hydrogens (tertiary/aromatic N) is 3. The number of aryl methyl sites for hydroxylation is 1. The van der Waals surface area contributed by atoms with E-state index in [1.54, 1.807) is 49.9 Å². The van der Waals surface area contributed by atoms with Crippen LogP contribution in [0.2, 0.25) is 0 Å². The van der Waals surface area contributed by atoms with E-state index in [-0.39, 0.29) is 30.0 Å². The van der Waals surface area contributed by atoms with Gasteiger partial charge in [0.1, 0.15) is 11.6 Å². The highest BCUT2D eigenvalue weighted by atomic mass is 32.1. The summed E-state index contributed by atoms with van der Waals surface area (Å²) in [6.45, 7) is 12.8. The second kappa shape index (κ2) is 8.13. The van der Waals surface area contributed by atoms with Crippen LogP contribution in [-0.2, 0) is 9.53 Å². The summed E-state index contributed by atoms with van der Waals surface area (Å²) in [6, 6.07) is 9.40. The Morgan fingerprint density at radius 2 is 1.97 bits per heavy atom. The molecule has 1 unspecified atom stereocenters. The van der Waals surface area contributed by atoms with Gasteiger partial charge in [-0.05, 0) is 62.8 Å². The van der Waals surface area contributed by atoms with Crippen molar-refractivity contribution in [3.8, 4) is 5.75 Å². The molecule has 32 heavy (non-hydrogen) atoms. The normalized spacial score (nSPS) is 22.4. The highest BCUT2D eigenvalue weighted by Gasteiger charge is 2.50. The molecule has 2 saturated heterocycles. The van der Waals surface area contributed by atoms with Crippen LogP contribution in [-0.4, -0.2) is 47.1 Å². The van der Waals surface area contributed by atoms with Crippen LogP contribution in [0.15, 0.2) is 36.4 Å². The van der Waals surface area contributed by atoms with Crippen molar-refractivity contribution in [1.82, 2.24) is 0 Å². The molecule has 9 heteroatoms. The second-order valence-electron chi connectivity index (χ2n) is 8.28. The fourth-order valence-corrected chi connectivity index (χ4v) is 4.41. The van der Waals surface area contributed by atoms with Gasteiger partial charge >= 0.3 is 0 Å². The molecule has 0 bridgehead atoms. The number of benzene rings is 2. The lowest BCUT2D eigenvalue weighted by Crippen LogP contribution is -2.44. The van der Waals surface area contributed by atoms with Crippen molar-refractivity contribution < 1.29 is 23.8 Å². The molecule has 2 aliphatic heterocycles. The van der Waals surface area contributed by atoms with E-state index >= 15 is 0 Å². The topological polar surface area (TPSA) is 66.6 Å². The van der Waals surface area contributed by atoms with Gasteiger partial charge in [0.2, 0.25) is 0 Å². The highest BCUT2D eigenvalue weighted by molar-refractivity contribution is 7.81. The summed E-state index contributed by atoms with van der Waals surface area (Å²) in [4.78, 5) is 19.7. The maximum Gasteiger partial charge on any atom is 0.259 e. The van der Waals surface area contributed by atoms with Gasteiger partial charge in [0.05, 0.1) is 19.8 Å². The predicted molar refractivity (Wildman–Crippen MR) is 122 cm³/mol. The molecule has 0 saturated carbocycles. The number of aliphatic hydroxyl groups is 1. The number of aliphatic hydroxyl groups excluding tert-OH is 1. The summed E-state index contributed by atoms with van der Waals surface area (Å²) in [5.74, 6) is -0.910. The van der Waals surface area contributed by atoms with Crippen LogP contribution in [0.4, 0.5) is 21.5 Å². The van der Waals surface area contributed by atoms with E-state index in [4.69, 9.17) is 28.3 Å². The Morgan fingerprint density at radius 1 is 1.25 bits per heavy atom. The summed E-state index contributed by atoms with van der Waals surface area (Å²) < 4.78 is 25.6. The molecular formula is C23H22FN3O4S. The molecule has 0 spiro atoms. The maximum absolute atomic E-state index is 14.9. The van der Waals surface area contributed by atoms with E-state index < -0.39 is 23.6 Å². The molecule has 1 amide bonds. The zero-order chi connectivity index (χ0) is 23.2. The molecule has 2 fully saturated rings. The Balaban J connectivity index is 1.65. The van der Waals surface area contributed by atoms with Crippen LogP contribution >= 0.6 is 12.2 Å². The Bertz CT molecular complexity index is 1150. The summed E-state index contributed by atoms with van der Waals surface area (Å²) in [5, 5.41) is 10.0. The first-order valence-electron chi connectivity index (χ1n) is 10.0. The van der Waals surface area contributed by atoms with Gasteiger partial charge in [-0.2, -0.15) is 0 Å². The standard InChI is InChI=1S/C23H22FN3O4S/c1-13-9-14(5-7-17(13)25-4)26-21(29)23(2,3)27(22(26)32)15-6-8-19(16(24)10-15)31-20-12-30-11-18(20)28/h5-10,18,20,28H,11-12H2,1-3H3/t18?,20-/m1/s1. The molecule has 0 aromatic heterocycles. The van der Waals surface area contributed by atoms with Gasteiger partial charge in [-0.25, -0.2) is 9.24 Å². The van der Waals surface area contributed by atoms with Gasteiger partial charge in [0, 0.05) is 17.4 Å². The predicted octanol–water partition coefficient (Wildman–Crippen LogP) is 3.74. The quantitative estimate of drug-likeness (QED) is 0.560. The van der Waals surface area contributed by atoms with Gasteiger partial charge < -0.3 is 19.5 Å². The van der Waals surface area contributed by atoms with Crippen molar-refractivity contribution in [2.24, 2.45) is 0 Å². The number of ether oxygens (including phenoxy) is 2. The van der Waals surface area contributed by atoms with Crippen molar-refractivity contribution in [2.45, 2.75) is 38.5 Å². The van der Waals surface area contributed by atoms with Crippen molar-refractivity contribution in [1.29, 1.82) is 0 Å². The van der Waals surface area contributed by atoms with Gasteiger partial charge in [-0.15, -0.1) is 0 Å². The third kappa shape index (κ3) is 3.60. The Morgan fingerprint density at radius 3 is 2.56 bits per heavy atom. The van der Waals surface area contributed by atoms with Gasteiger partial charge in [0.25, 0.3) is 5.91 Å². The molecule has 2 atom stereocenters. The first-order valence-corrected chi connectivity index (χ1v) is 10.4. The number of anilines is 2. The van der Waals surface area contributed by atoms with E-state index in [1.165, 1.54) is 17.0 Å². The smallest absolute Gasteiger partial charge is 0.259 e. The highest BCUT2D eigenvalue weighted by Crippen LogP contribution is 2.38. The summed E-state index contributed by atoms with van der Waals surface area (Å²) in [7, 11) is 0. The van der Waals surface area contributed by atoms with Crippen molar-refractivity contribution in [3.63, 3.8) is 0 Å². The van der Waals surface area contributed by atoms with Crippen LogP contribution < -0.4 is 14.5 Å². The SMILES string of the molecule is [C-]#[N+]c1ccc(N2C(=O)C(C)(C)N(c3ccc(O[C@@H]4COCC4O)c(F)c3)C2=S)cc1C. The molecule has 2 aromatic carbocycles. The monoisotopic (exact) mass is 455 g/mol. The number of thiocarbonyl (C=S) groups is 1. The van der Waals surface area contributed by atoms with Gasteiger partial charge in [-0.1, -0.05) is 6.07 Å². The summed E-state index contributed by atoms with van der Waals surface area (Å²) in [5.41, 5.74) is 1.12. The van der Waals surface area contributed by atoms with E-state index in [0.29, 0.717) is 17.1 Å². The molecule has 7 nitrogen and oxygen atoms in total. The van der Waals surface area contributed by atoms with Crippen molar-refractivity contribution >= 4 is 40.3 Å². The summed E-state index contributed by atoms with van der Waals surface area (Å²) in [6.07, 6.45) is -1.46. The van der Waals surface area contributed by atoms with E-state index in [2.05, 4.69) is 4.85 Å². The van der Waals surface area contributed by atoms with Crippen molar-refractivity contribution in [2.75, 3.05) is 23.0 Å². The number of carbonyl (C=O) groups is 1. The fraction of sp³-hybridized carbons (Fsp3) is 0.348. The molecule has 166 valence electrons. The lowest BCUT2D eigenvalue weighted by molar-refractivity contribution is -0.120. The third-order valence-corrected chi connectivity index (χ3v) is 6.04. The van der Waals surface area contributed by atoms with Crippen LogP contribution in [0, 0.1) is 19.3 Å². The molecule has 2 aliphatic rings. The first-order chi connectivity index (χ1) is 15.1. The maximum atomic E-state index is 14.9. The molecule has 0 aliphatic carbocycles. The van der Waals surface area contributed by atoms with Crippen molar-refractivity contribution in [3.05, 3.63) is 59.2 Å². The van der Waals surface area contributed by atoms with E-state index in [0.717, 1.165) is 5.56 Å². The van der Waals surface area contributed by atoms with E-state index in [1.807, 2.05) is 0 Å². The Hall–Kier alpha value is -3.06. The second-order valence-corrected chi connectivity index (χ2v) is 8.64. The minimum absolute atomic E-state index is 0.0141. The minimum atomic E-state index is -1.06. The van der Waals surface area contributed by atoms with Crippen LogP contribution in [0.3, 0.4) is 0 Å². The number of carbonyl (C=O) groups excluding carboxylic acids is 1. The lowest BCUT2D eigenvalue weighted by atomic mass is 10.0. The third-order valence-electron chi connectivity index (χ3n) is 5.68. The van der Waals surface area contributed by atoms with Crippen LogP contribution in [0.5, 0.6) is 5.75 Å². The summed E-state index contributed by atoms with van der Waals surface area (Å²) >= 11 is 5.63. The Kier molecular flexibility index (Phi) is 5.63. The van der Waals surface area contributed by atoms with Crippen LogP contribution in [0.1, 0.15) is 19.4 Å². The number of rotatable bonds is 4. The molecule has 2 aromatic rings. The van der Waals surface area contributed by atoms with Gasteiger partial charge in [0.15, 0.2) is 28.5 Å².